The van der Waals surface area contributed by atoms with Crippen LogP contribution in [0.15, 0.2) is 41.3 Å². The van der Waals surface area contributed by atoms with E-state index in [2.05, 4.69) is 4.90 Å². The summed E-state index contributed by atoms with van der Waals surface area (Å²) < 4.78 is 33.5. The van der Waals surface area contributed by atoms with Gasteiger partial charge in [0.2, 0.25) is 10.0 Å². The van der Waals surface area contributed by atoms with E-state index < -0.39 is 14.9 Å². The lowest BCUT2D eigenvalue weighted by Crippen LogP contribution is -2.48. The number of hydrogen-bond acceptors (Lipinski definition) is 6. The van der Waals surface area contributed by atoms with E-state index in [0.717, 1.165) is 12.6 Å². The Kier molecular flexibility index (Phi) is 8.32. The van der Waals surface area contributed by atoms with Crippen LogP contribution in [0, 0.1) is 10.1 Å². The highest BCUT2D eigenvalue weighted by Gasteiger charge is 2.32. The summed E-state index contributed by atoms with van der Waals surface area (Å²) in [5, 5.41) is 11.8. The molecule has 0 spiro atoms. The summed E-state index contributed by atoms with van der Waals surface area (Å²) in [6, 6.07) is 7.94. The van der Waals surface area contributed by atoms with Crippen LogP contribution in [0.5, 0.6) is 11.5 Å². The minimum atomic E-state index is -4.01. The predicted molar refractivity (Wildman–Crippen MR) is 118 cm³/mol. The van der Waals surface area contributed by atoms with E-state index in [1.54, 1.807) is 0 Å². The molecule has 1 aliphatic heterocycles. The van der Waals surface area contributed by atoms with Gasteiger partial charge in [-0.15, -0.1) is 12.4 Å². The maximum Gasteiger partial charge on any atom is 0.271 e. The van der Waals surface area contributed by atoms with Crippen LogP contribution < -0.4 is 4.74 Å². The summed E-state index contributed by atoms with van der Waals surface area (Å²) in [6.45, 7) is 4.60. The van der Waals surface area contributed by atoms with Crippen molar-refractivity contribution in [3.05, 3.63) is 56.6 Å². The van der Waals surface area contributed by atoms with Gasteiger partial charge in [0, 0.05) is 48.4 Å². The highest BCUT2D eigenvalue weighted by atomic mass is 35.5. The van der Waals surface area contributed by atoms with Crippen molar-refractivity contribution in [3.8, 4) is 11.5 Å². The Morgan fingerprint density at radius 3 is 2.20 bits per heavy atom. The highest BCUT2D eigenvalue weighted by Crippen LogP contribution is 2.35. The van der Waals surface area contributed by atoms with E-state index in [1.165, 1.54) is 34.6 Å². The fourth-order valence-electron chi connectivity index (χ4n) is 3.04. The van der Waals surface area contributed by atoms with Crippen LogP contribution in [0.25, 0.3) is 0 Å². The number of rotatable bonds is 6. The molecule has 1 saturated heterocycles. The van der Waals surface area contributed by atoms with Crippen LogP contribution in [0.4, 0.5) is 5.69 Å². The van der Waals surface area contributed by atoms with Crippen LogP contribution in [0.1, 0.15) is 6.92 Å². The number of piperazine rings is 1. The molecule has 2 aromatic carbocycles. The Bertz CT molecular complexity index is 1010. The third-order valence-electron chi connectivity index (χ3n) is 4.60. The minimum absolute atomic E-state index is 0. The topological polar surface area (TPSA) is 93.0 Å². The molecule has 0 aromatic heterocycles. The molecule has 164 valence electrons. The second-order valence-electron chi connectivity index (χ2n) is 6.43. The van der Waals surface area contributed by atoms with E-state index >= 15 is 0 Å². The molecule has 0 unspecified atom stereocenters. The Morgan fingerprint density at radius 1 is 1.07 bits per heavy atom. The first-order valence-corrected chi connectivity index (χ1v) is 11.0. The molecule has 0 aliphatic carbocycles. The van der Waals surface area contributed by atoms with E-state index in [0.29, 0.717) is 36.2 Å². The smallest absolute Gasteiger partial charge is 0.271 e. The third-order valence-corrected chi connectivity index (χ3v) is 6.95. The molecule has 0 N–H and O–H groups in total. The average molecular weight is 497 g/mol. The molecular formula is C18H20Cl3N3O5S. The molecular weight excluding hydrogens is 477 g/mol. The SMILES string of the molecule is CCN1CCN(S(=O)(=O)c2cc([N+](=O)[O-])ccc2Oc2cc(Cl)cc(Cl)c2)CC1.Cl. The number of ether oxygens (including phenoxy) is 1. The molecule has 12 heteroatoms. The quantitative estimate of drug-likeness (QED) is 0.433. The van der Waals surface area contributed by atoms with E-state index in [1.807, 2.05) is 6.92 Å². The van der Waals surface area contributed by atoms with Gasteiger partial charge in [-0.05, 0) is 30.8 Å². The van der Waals surface area contributed by atoms with Gasteiger partial charge >= 0.3 is 0 Å². The normalized spacial score (nSPS) is 15.4. The van der Waals surface area contributed by atoms with Crippen LogP contribution in [0.3, 0.4) is 0 Å². The number of nitrogens with zero attached hydrogens (tertiary/aromatic N) is 3. The predicted octanol–water partition coefficient (Wildman–Crippen LogP) is 4.44. The highest BCUT2D eigenvalue weighted by molar-refractivity contribution is 7.89. The first-order valence-electron chi connectivity index (χ1n) is 8.85. The molecule has 2 aromatic rings. The van der Waals surface area contributed by atoms with Gasteiger partial charge in [0.25, 0.3) is 5.69 Å². The van der Waals surface area contributed by atoms with Gasteiger partial charge in [0.05, 0.1) is 4.92 Å². The maximum absolute atomic E-state index is 13.3. The minimum Gasteiger partial charge on any atom is -0.456 e. The van der Waals surface area contributed by atoms with Crippen molar-refractivity contribution in [3.63, 3.8) is 0 Å². The second kappa shape index (κ2) is 10.1. The number of nitro groups is 1. The molecule has 0 amide bonds. The van der Waals surface area contributed by atoms with Crippen molar-refractivity contribution >= 4 is 51.3 Å². The fourth-order valence-corrected chi connectivity index (χ4v) is 5.10. The molecule has 1 heterocycles. The van der Waals surface area contributed by atoms with Gasteiger partial charge in [-0.3, -0.25) is 10.1 Å². The average Bonchev–Trinajstić information content (AvgIpc) is 2.67. The van der Waals surface area contributed by atoms with E-state index in [9.17, 15) is 18.5 Å². The van der Waals surface area contributed by atoms with Crippen LogP contribution >= 0.6 is 35.6 Å². The molecule has 8 nitrogen and oxygen atoms in total. The molecule has 1 aliphatic rings. The molecule has 0 atom stereocenters. The summed E-state index contributed by atoms with van der Waals surface area (Å²) in [5.74, 6) is 0.190. The van der Waals surface area contributed by atoms with Gasteiger partial charge in [0.1, 0.15) is 16.4 Å². The number of likely N-dealkylation sites (N-methyl/N-ethyl adjacent to an activating group) is 1. The number of sulfonamides is 1. The standard InChI is InChI=1S/C18H19Cl2N3O5S.ClH/c1-2-21-5-7-22(8-6-21)29(26,27)18-12-15(23(24)25)3-4-17(18)28-16-10-13(19)9-14(20)11-16;/h3-4,9-12H,2,5-8H2,1H3;1H. The van der Waals surface area contributed by atoms with E-state index in [4.69, 9.17) is 27.9 Å². The van der Waals surface area contributed by atoms with Gasteiger partial charge in [-0.1, -0.05) is 30.1 Å². The van der Waals surface area contributed by atoms with Crippen molar-refractivity contribution in [2.75, 3.05) is 32.7 Å². The van der Waals surface area contributed by atoms with Crippen LogP contribution in [-0.4, -0.2) is 55.3 Å². The Balaban J connectivity index is 0.00000320. The number of halogens is 3. The third kappa shape index (κ3) is 5.54. The Hall–Kier alpha value is -1.62. The fraction of sp³-hybridized carbons (Fsp3) is 0.333. The van der Waals surface area contributed by atoms with E-state index in [-0.39, 0.29) is 34.5 Å². The van der Waals surface area contributed by atoms with Crippen molar-refractivity contribution in [2.45, 2.75) is 11.8 Å². The molecule has 0 radical (unpaired) electrons. The van der Waals surface area contributed by atoms with Gasteiger partial charge in [-0.25, -0.2) is 8.42 Å². The zero-order valence-electron chi connectivity index (χ0n) is 16.0. The summed E-state index contributed by atoms with van der Waals surface area (Å²) in [5.41, 5.74) is -0.341. The monoisotopic (exact) mass is 495 g/mol. The Labute approximate surface area is 190 Å². The number of non-ortho nitro benzene ring substituents is 1. The molecule has 1 fully saturated rings. The lowest BCUT2D eigenvalue weighted by molar-refractivity contribution is -0.385. The summed E-state index contributed by atoms with van der Waals surface area (Å²) >= 11 is 12.0. The van der Waals surface area contributed by atoms with Gasteiger partial charge in [-0.2, -0.15) is 4.31 Å². The van der Waals surface area contributed by atoms with Crippen molar-refractivity contribution in [1.29, 1.82) is 0 Å². The second-order valence-corrected chi connectivity index (χ2v) is 9.21. The number of nitro benzene ring substituents is 1. The molecule has 0 saturated carbocycles. The summed E-state index contributed by atoms with van der Waals surface area (Å²) in [7, 11) is -4.01. The Morgan fingerprint density at radius 2 is 1.67 bits per heavy atom. The summed E-state index contributed by atoms with van der Waals surface area (Å²) in [4.78, 5) is 12.4. The first-order chi connectivity index (χ1) is 13.7. The maximum atomic E-state index is 13.3. The van der Waals surface area contributed by atoms with Crippen molar-refractivity contribution in [2.24, 2.45) is 0 Å². The summed E-state index contributed by atoms with van der Waals surface area (Å²) in [6.07, 6.45) is 0. The molecule has 30 heavy (non-hydrogen) atoms. The lowest BCUT2D eigenvalue weighted by atomic mass is 10.3. The zero-order chi connectivity index (χ0) is 21.2. The number of benzene rings is 2. The van der Waals surface area contributed by atoms with Crippen LogP contribution in [-0.2, 0) is 10.0 Å². The van der Waals surface area contributed by atoms with Crippen molar-refractivity contribution < 1.29 is 18.1 Å². The van der Waals surface area contributed by atoms with Gasteiger partial charge < -0.3 is 9.64 Å². The van der Waals surface area contributed by atoms with Gasteiger partial charge in [0.15, 0.2) is 0 Å². The zero-order valence-corrected chi connectivity index (χ0v) is 19.1. The van der Waals surface area contributed by atoms with Crippen molar-refractivity contribution in [1.82, 2.24) is 9.21 Å². The van der Waals surface area contributed by atoms with Crippen LogP contribution in [0.2, 0.25) is 10.0 Å². The molecule has 0 bridgehead atoms. The first kappa shape index (κ1) is 24.6. The number of hydrogen-bond donors (Lipinski definition) is 0. The molecule has 3 rings (SSSR count). The largest absolute Gasteiger partial charge is 0.456 e. The lowest BCUT2D eigenvalue weighted by Gasteiger charge is -2.33.